The van der Waals surface area contributed by atoms with Gasteiger partial charge in [-0.1, -0.05) is 25.0 Å². The average Bonchev–Trinajstić information content (AvgIpc) is 3.38. The lowest BCUT2D eigenvalue weighted by atomic mass is 10.2. The van der Waals surface area contributed by atoms with Crippen LogP contribution in [0.5, 0.6) is 0 Å². The molecule has 1 aliphatic carbocycles. The number of aromatic nitrogens is 1. The lowest BCUT2D eigenvalue weighted by Gasteiger charge is -2.16. The highest BCUT2D eigenvalue weighted by Crippen LogP contribution is 2.31. The number of aliphatic imine (C=N–C) groups is 1. The molecular weight excluding hydrogens is 332 g/mol. The van der Waals surface area contributed by atoms with Gasteiger partial charge in [-0.25, -0.2) is 4.98 Å². The average molecular weight is 354 g/mol. The summed E-state index contributed by atoms with van der Waals surface area (Å²) >= 11 is 1.65. The van der Waals surface area contributed by atoms with Crippen LogP contribution in [-0.4, -0.2) is 24.0 Å². The number of nitrogens with zero attached hydrogens (tertiary/aromatic N) is 2. The van der Waals surface area contributed by atoms with Gasteiger partial charge in [-0.2, -0.15) is 0 Å². The highest BCUT2D eigenvalue weighted by molar-refractivity contribution is 7.21. The van der Waals surface area contributed by atoms with Crippen molar-refractivity contribution in [2.75, 3.05) is 7.05 Å². The monoisotopic (exact) mass is 354 g/mol. The van der Waals surface area contributed by atoms with E-state index < -0.39 is 0 Å². The maximum absolute atomic E-state index is 5.97. The van der Waals surface area contributed by atoms with Gasteiger partial charge in [-0.3, -0.25) is 4.99 Å². The first-order valence-corrected chi connectivity index (χ1v) is 9.55. The lowest BCUT2D eigenvalue weighted by molar-refractivity contribution is 0.511. The second-order valence-corrected chi connectivity index (χ2v) is 7.33. The summed E-state index contributed by atoms with van der Waals surface area (Å²) in [5.74, 6) is 2.53. The summed E-state index contributed by atoms with van der Waals surface area (Å²) in [5.41, 5.74) is 1.01. The quantitative estimate of drug-likeness (QED) is 0.545. The van der Waals surface area contributed by atoms with Crippen LogP contribution in [0.15, 0.2) is 45.8 Å². The predicted molar refractivity (Wildman–Crippen MR) is 103 cm³/mol. The Kier molecular flexibility index (Phi) is 4.70. The normalized spacial score (nSPS) is 15.8. The Balaban J connectivity index is 1.40. The third-order valence-corrected chi connectivity index (χ3v) is 5.57. The van der Waals surface area contributed by atoms with Gasteiger partial charge in [0.2, 0.25) is 0 Å². The number of benzene rings is 1. The fourth-order valence-electron chi connectivity index (χ4n) is 3.19. The van der Waals surface area contributed by atoms with Crippen molar-refractivity contribution in [2.24, 2.45) is 4.99 Å². The van der Waals surface area contributed by atoms with Crippen molar-refractivity contribution in [2.45, 2.75) is 38.3 Å². The molecule has 4 rings (SSSR count). The van der Waals surface area contributed by atoms with E-state index in [4.69, 9.17) is 4.42 Å². The molecule has 25 heavy (non-hydrogen) atoms. The molecule has 0 radical (unpaired) electrons. The van der Waals surface area contributed by atoms with Crippen molar-refractivity contribution in [1.82, 2.24) is 15.6 Å². The molecule has 2 heterocycles. The van der Waals surface area contributed by atoms with Gasteiger partial charge in [0.25, 0.3) is 0 Å². The Bertz CT molecular complexity index is 843. The van der Waals surface area contributed by atoms with E-state index in [0.717, 1.165) is 28.0 Å². The molecule has 6 heteroatoms. The molecule has 2 N–H and O–H groups in total. The van der Waals surface area contributed by atoms with Crippen LogP contribution < -0.4 is 10.6 Å². The highest BCUT2D eigenvalue weighted by atomic mass is 32.1. The molecule has 2 aromatic heterocycles. The highest BCUT2D eigenvalue weighted by Gasteiger charge is 2.16. The van der Waals surface area contributed by atoms with E-state index in [1.54, 1.807) is 18.4 Å². The SMILES string of the molecule is CN=C(NCc1ccc(-c2nc3ccccc3s2)o1)NC1CCCC1. The number of hydrogen-bond acceptors (Lipinski definition) is 4. The van der Waals surface area contributed by atoms with Crippen molar-refractivity contribution in [1.29, 1.82) is 0 Å². The number of para-hydroxylation sites is 1. The Hall–Kier alpha value is -2.34. The number of guanidine groups is 1. The maximum Gasteiger partial charge on any atom is 0.191 e. The Labute approximate surface area is 151 Å². The fourth-order valence-corrected chi connectivity index (χ4v) is 4.12. The van der Waals surface area contributed by atoms with Gasteiger partial charge in [0.05, 0.1) is 16.8 Å². The molecule has 0 amide bonds. The van der Waals surface area contributed by atoms with E-state index >= 15 is 0 Å². The molecule has 0 atom stereocenters. The topological polar surface area (TPSA) is 62.5 Å². The minimum atomic E-state index is 0.543. The number of thiazole rings is 1. The molecule has 0 aliphatic heterocycles. The van der Waals surface area contributed by atoms with Crippen LogP contribution in [0.4, 0.5) is 0 Å². The third kappa shape index (κ3) is 3.69. The summed E-state index contributed by atoms with van der Waals surface area (Å²) in [5, 5.41) is 7.73. The molecule has 1 aromatic carbocycles. The summed E-state index contributed by atoms with van der Waals surface area (Å²) in [6.07, 6.45) is 5.06. The first-order valence-electron chi connectivity index (χ1n) is 8.73. The standard InChI is InChI=1S/C19H22N4OS/c1-20-19(22-13-6-2-3-7-13)21-12-14-10-11-16(24-14)18-23-15-8-4-5-9-17(15)25-18/h4-5,8-11,13H,2-3,6-7,12H2,1H3,(H2,20,21,22). The lowest BCUT2D eigenvalue weighted by Crippen LogP contribution is -2.41. The first kappa shape index (κ1) is 16.1. The van der Waals surface area contributed by atoms with Gasteiger partial charge in [0, 0.05) is 13.1 Å². The Morgan fingerprint density at radius 3 is 2.88 bits per heavy atom. The fraction of sp³-hybridized carbons (Fsp3) is 0.368. The van der Waals surface area contributed by atoms with E-state index in [-0.39, 0.29) is 0 Å². The predicted octanol–water partition coefficient (Wildman–Crippen LogP) is 4.16. The number of fused-ring (bicyclic) bond motifs is 1. The summed E-state index contributed by atoms with van der Waals surface area (Å²) < 4.78 is 7.14. The minimum absolute atomic E-state index is 0.543. The van der Waals surface area contributed by atoms with Crippen molar-refractivity contribution >= 4 is 27.5 Å². The van der Waals surface area contributed by atoms with Crippen molar-refractivity contribution in [3.8, 4) is 10.8 Å². The smallest absolute Gasteiger partial charge is 0.191 e. The zero-order valence-corrected chi connectivity index (χ0v) is 15.1. The van der Waals surface area contributed by atoms with E-state index in [1.165, 1.54) is 30.4 Å². The molecule has 5 nitrogen and oxygen atoms in total. The summed E-state index contributed by atoms with van der Waals surface area (Å²) in [4.78, 5) is 8.95. The molecule has 0 spiro atoms. The second kappa shape index (κ2) is 7.27. The zero-order valence-electron chi connectivity index (χ0n) is 14.3. The van der Waals surface area contributed by atoms with Gasteiger partial charge in [-0.05, 0) is 37.1 Å². The van der Waals surface area contributed by atoms with Crippen LogP contribution in [0.25, 0.3) is 21.0 Å². The molecule has 1 fully saturated rings. The summed E-state index contributed by atoms with van der Waals surface area (Å²) in [7, 11) is 1.80. The van der Waals surface area contributed by atoms with E-state index in [9.17, 15) is 0 Å². The van der Waals surface area contributed by atoms with E-state index in [2.05, 4.69) is 26.7 Å². The number of nitrogens with one attached hydrogen (secondary N) is 2. The van der Waals surface area contributed by atoms with Crippen LogP contribution in [0.3, 0.4) is 0 Å². The van der Waals surface area contributed by atoms with Gasteiger partial charge in [0.15, 0.2) is 16.7 Å². The van der Waals surface area contributed by atoms with Crippen molar-refractivity contribution in [3.05, 3.63) is 42.2 Å². The maximum atomic E-state index is 5.97. The molecule has 1 aliphatic rings. The largest absolute Gasteiger partial charge is 0.457 e. The van der Waals surface area contributed by atoms with Gasteiger partial charge < -0.3 is 15.1 Å². The van der Waals surface area contributed by atoms with Crippen LogP contribution in [0, 0.1) is 0 Å². The molecule has 1 saturated carbocycles. The van der Waals surface area contributed by atoms with Crippen molar-refractivity contribution in [3.63, 3.8) is 0 Å². The van der Waals surface area contributed by atoms with Crippen LogP contribution in [-0.2, 0) is 6.54 Å². The molecule has 0 bridgehead atoms. The number of hydrogen-bond donors (Lipinski definition) is 2. The molecular formula is C19H22N4OS. The Morgan fingerprint density at radius 1 is 1.24 bits per heavy atom. The molecule has 130 valence electrons. The molecule has 3 aromatic rings. The van der Waals surface area contributed by atoms with Gasteiger partial charge >= 0.3 is 0 Å². The first-order chi connectivity index (χ1) is 12.3. The van der Waals surface area contributed by atoms with Crippen LogP contribution in [0.2, 0.25) is 0 Å². The molecule has 0 saturated heterocycles. The molecule has 0 unspecified atom stereocenters. The van der Waals surface area contributed by atoms with E-state index in [1.807, 2.05) is 30.3 Å². The number of rotatable bonds is 4. The van der Waals surface area contributed by atoms with Gasteiger partial charge in [-0.15, -0.1) is 11.3 Å². The Morgan fingerprint density at radius 2 is 2.08 bits per heavy atom. The zero-order chi connectivity index (χ0) is 17.1. The summed E-state index contributed by atoms with van der Waals surface area (Å²) in [6, 6.07) is 12.7. The summed E-state index contributed by atoms with van der Waals surface area (Å²) in [6.45, 7) is 0.608. The van der Waals surface area contributed by atoms with Gasteiger partial charge in [0.1, 0.15) is 5.76 Å². The van der Waals surface area contributed by atoms with Crippen LogP contribution >= 0.6 is 11.3 Å². The minimum Gasteiger partial charge on any atom is -0.457 e. The third-order valence-electron chi connectivity index (χ3n) is 4.52. The van der Waals surface area contributed by atoms with Crippen molar-refractivity contribution < 1.29 is 4.42 Å². The second-order valence-electron chi connectivity index (χ2n) is 6.30. The number of furan rings is 1. The van der Waals surface area contributed by atoms with E-state index in [0.29, 0.717) is 12.6 Å². The van der Waals surface area contributed by atoms with Crippen LogP contribution in [0.1, 0.15) is 31.4 Å².